The average Bonchev–Trinajstić information content (AvgIpc) is 3.01. The van der Waals surface area contributed by atoms with Crippen molar-refractivity contribution in [1.82, 2.24) is 4.98 Å². The molecule has 2 aromatic carbocycles. The van der Waals surface area contributed by atoms with Gasteiger partial charge in [0, 0.05) is 26.0 Å². The van der Waals surface area contributed by atoms with Crippen LogP contribution in [-0.2, 0) is 6.61 Å². The highest BCUT2D eigenvalue weighted by atomic mass is 79.9. The van der Waals surface area contributed by atoms with E-state index in [1.54, 1.807) is 6.21 Å². The number of hydrogen-bond donors (Lipinski definition) is 1. The average molecular weight is 437 g/mol. The topological polar surface area (TPSA) is 46.5 Å². The van der Waals surface area contributed by atoms with Crippen molar-refractivity contribution in [3.05, 3.63) is 74.2 Å². The quantitative estimate of drug-likeness (QED) is 0.387. The molecule has 7 heteroatoms. The number of nitrogens with zero attached hydrogens (tertiary/aromatic N) is 2. The van der Waals surface area contributed by atoms with Gasteiger partial charge in [0.05, 0.1) is 11.9 Å². The van der Waals surface area contributed by atoms with Crippen LogP contribution in [0.15, 0.2) is 57.4 Å². The van der Waals surface area contributed by atoms with Crippen LogP contribution in [0.2, 0.25) is 5.02 Å². The Morgan fingerprint density at radius 2 is 2.16 bits per heavy atom. The smallest absolute Gasteiger partial charge is 0.203 e. The Hall–Kier alpha value is -1.89. The molecule has 128 valence electrons. The van der Waals surface area contributed by atoms with Crippen molar-refractivity contribution in [1.29, 1.82) is 0 Å². The summed E-state index contributed by atoms with van der Waals surface area (Å²) in [5, 5.41) is 7.66. The molecule has 4 nitrogen and oxygen atoms in total. The van der Waals surface area contributed by atoms with Crippen LogP contribution >= 0.6 is 38.9 Å². The molecule has 0 saturated heterocycles. The third-order valence-corrected chi connectivity index (χ3v) is 5.02. The summed E-state index contributed by atoms with van der Waals surface area (Å²) in [6.45, 7) is 2.33. The van der Waals surface area contributed by atoms with Crippen LogP contribution in [-0.4, -0.2) is 11.2 Å². The first kappa shape index (κ1) is 17.9. The van der Waals surface area contributed by atoms with Gasteiger partial charge in [0.25, 0.3) is 0 Å². The van der Waals surface area contributed by atoms with Crippen molar-refractivity contribution < 1.29 is 4.74 Å². The van der Waals surface area contributed by atoms with Crippen molar-refractivity contribution in [2.75, 3.05) is 5.43 Å². The summed E-state index contributed by atoms with van der Waals surface area (Å²) in [4.78, 5) is 4.31. The minimum Gasteiger partial charge on any atom is -0.488 e. The number of rotatable bonds is 6. The maximum absolute atomic E-state index is 6.18. The van der Waals surface area contributed by atoms with E-state index >= 15 is 0 Å². The van der Waals surface area contributed by atoms with Crippen LogP contribution in [0.25, 0.3) is 0 Å². The fraction of sp³-hybridized carbons (Fsp3) is 0.111. The van der Waals surface area contributed by atoms with Crippen molar-refractivity contribution in [2.24, 2.45) is 5.10 Å². The van der Waals surface area contributed by atoms with Crippen molar-refractivity contribution in [3.63, 3.8) is 0 Å². The van der Waals surface area contributed by atoms with E-state index in [-0.39, 0.29) is 0 Å². The lowest BCUT2D eigenvalue weighted by molar-refractivity contribution is 0.306. The Balaban J connectivity index is 1.72. The van der Waals surface area contributed by atoms with E-state index in [2.05, 4.69) is 31.4 Å². The molecule has 0 aliphatic rings. The molecule has 0 unspecified atom stereocenters. The fourth-order valence-electron chi connectivity index (χ4n) is 2.08. The number of hydrazone groups is 1. The van der Waals surface area contributed by atoms with Gasteiger partial charge in [0.2, 0.25) is 5.13 Å². The number of aromatic nitrogens is 1. The predicted octanol–water partition coefficient (Wildman–Crippen LogP) is 5.89. The summed E-state index contributed by atoms with van der Waals surface area (Å²) in [7, 11) is 0. The van der Waals surface area contributed by atoms with E-state index in [0.717, 1.165) is 32.2 Å². The van der Waals surface area contributed by atoms with Gasteiger partial charge in [-0.1, -0.05) is 45.7 Å². The second kappa shape index (κ2) is 8.47. The second-order valence-corrected chi connectivity index (χ2v) is 7.41. The molecule has 0 amide bonds. The molecule has 0 atom stereocenters. The number of nitrogens with one attached hydrogen (secondary N) is 1. The zero-order valence-corrected chi connectivity index (χ0v) is 16.5. The normalized spacial score (nSPS) is 11.0. The van der Waals surface area contributed by atoms with Gasteiger partial charge in [0.1, 0.15) is 12.4 Å². The van der Waals surface area contributed by atoms with Gasteiger partial charge < -0.3 is 4.74 Å². The number of anilines is 1. The summed E-state index contributed by atoms with van der Waals surface area (Å²) < 4.78 is 6.88. The van der Waals surface area contributed by atoms with Crippen LogP contribution in [0.3, 0.4) is 0 Å². The molecule has 3 aromatic rings. The third-order valence-electron chi connectivity index (χ3n) is 3.30. The number of ether oxygens (including phenoxy) is 1. The van der Waals surface area contributed by atoms with Gasteiger partial charge in [0.15, 0.2) is 0 Å². The van der Waals surface area contributed by atoms with E-state index in [1.807, 2.05) is 54.8 Å². The molecule has 0 spiro atoms. The summed E-state index contributed by atoms with van der Waals surface area (Å²) >= 11 is 11.2. The predicted molar refractivity (Wildman–Crippen MR) is 108 cm³/mol. The first-order chi connectivity index (χ1) is 12.1. The highest BCUT2D eigenvalue weighted by Crippen LogP contribution is 2.24. The molecule has 0 aliphatic heterocycles. The van der Waals surface area contributed by atoms with Gasteiger partial charge in [-0.3, -0.25) is 5.43 Å². The minimum absolute atomic E-state index is 0.390. The number of thiazole rings is 1. The Kier molecular flexibility index (Phi) is 6.07. The fourth-order valence-corrected chi connectivity index (χ4v) is 3.29. The van der Waals surface area contributed by atoms with E-state index in [0.29, 0.717) is 11.6 Å². The van der Waals surface area contributed by atoms with Crippen molar-refractivity contribution >= 4 is 50.2 Å². The van der Waals surface area contributed by atoms with Crippen LogP contribution in [0.5, 0.6) is 5.75 Å². The zero-order chi connectivity index (χ0) is 17.6. The van der Waals surface area contributed by atoms with Crippen LogP contribution < -0.4 is 10.2 Å². The third kappa shape index (κ3) is 5.04. The molecule has 25 heavy (non-hydrogen) atoms. The van der Waals surface area contributed by atoms with Gasteiger partial charge >= 0.3 is 0 Å². The molecular formula is C18H15BrClN3OS. The van der Waals surface area contributed by atoms with E-state index in [1.165, 1.54) is 11.3 Å². The number of hydrogen-bond acceptors (Lipinski definition) is 5. The summed E-state index contributed by atoms with van der Waals surface area (Å²) in [6.07, 6.45) is 1.71. The maximum Gasteiger partial charge on any atom is 0.203 e. The number of benzene rings is 2. The van der Waals surface area contributed by atoms with E-state index in [9.17, 15) is 0 Å². The maximum atomic E-state index is 6.18. The van der Waals surface area contributed by atoms with Gasteiger partial charge in [-0.05, 0) is 31.2 Å². The van der Waals surface area contributed by atoms with Crippen molar-refractivity contribution in [2.45, 2.75) is 13.5 Å². The van der Waals surface area contributed by atoms with Crippen LogP contribution in [0.4, 0.5) is 5.13 Å². The molecular weight excluding hydrogens is 422 g/mol. The SMILES string of the molecule is Cc1csc(NN=Cc2cc(Br)ccc2OCc2ccccc2Cl)n1. The molecule has 1 N–H and O–H groups in total. The minimum atomic E-state index is 0.390. The largest absolute Gasteiger partial charge is 0.488 e. The lowest BCUT2D eigenvalue weighted by atomic mass is 10.2. The zero-order valence-electron chi connectivity index (χ0n) is 13.4. The van der Waals surface area contributed by atoms with Crippen molar-refractivity contribution in [3.8, 4) is 5.75 Å². The lowest BCUT2D eigenvalue weighted by Gasteiger charge is -2.10. The van der Waals surface area contributed by atoms with Crippen LogP contribution in [0.1, 0.15) is 16.8 Å². The van der Waals surface area contributed by atoms with E-state index in [4.69, 9.17) is 16.3 Å². The number of halogens is 2. The molecule has 1 heterocycles. The lowest BCUT2D eigenvalue weighted by Crippen LogP contribution is -2.00. The Morgan fingerprint density at radius 1 is 1.32 bits per heavy atom. The Bertz CT molecular complexity index is 898. The second-order valence-electron chi connectivity index (χ2n) is 5.23. The molecule has 3 rings (SSSR count). The van der Waals surface area contributed by atoms with Gasteiger partial charge in [-0.15, -0.1) is 11.3 Å². The molecule has 0 radical (unpaired) electrons. The number of aryl methyl sites for hydroxylation is 1. The standard InChI is InChI=1S/C18H15BrClN3OS/c1-12-11-25-18(22-12)23-21-9-14-8-15(19)6-7-17(14)24-10-13-4-2-3-5-16(13)20/h2-9,11H,10H2,1H3,(H,22,23). The summed E-state index contributed by atoms with van der Waals surface area (Å²) in [6, 6.07) is 13.4. The first-order valence-corrected chi connectivity index (χ1v) is 9.54. The van der Waals surface area contributed by atoms with Gasteiger partial charge in [-0.25, -0.2) is 4.98 Å². The molecule has 0 aliphatic carbocycles. The highest BCUT2D eigenvalue weighted by Gasteiger charge is 2.05. The Morgan fingerprint density at radius 3 is 2.92 bits per heavy atom. The van der Waals surface area contributed by atoms with Gasteiger partial charge in [-0.2, -0.15) is 5.10 Å². The summed E-state index contributed by atoms with van der Waals surface area (Å²) in [5.41, 5.74) is 5.68. The summed E-state index contributed by atoms with van der Waals surface area (Å²) in [5.74, 6) is 0.726. The molecule has 0 fully saturated rings. The molecule has 0 bridgehead atoms. The van der Waals surface area contributed by atoms with Crippen LogP contribution in [0, 0.1) is 6.92 Å². The highest BCUT2D eigenvalue weighted by molar-refractivity contribution is 9.10. The molecule has 1 aromatic heterocycles. The monoisotopic (exact) mass is 435 g/mol. The van der Waals surface area contributed by atoms with E-state index < -0.39 is 0 Å². The Labute approximate surface area is 163 Å². The first-order valence-electron chi connectivity index (χ1n) is 7.49. The molecule has 0 saturated carbocycles.